The third-order valence-corrected chi connectivity index (χ3v) is 10.9. The van der Waals surface area contributed by atoms with Crippen LogP contribution in [-0.2, 0) is 28.7 Å². The molecule has 0 unspecified atom stereocenters. The molecule has 0 saturated heterocycles. The Morgan fingerprint density at radius 1 is 1.08 bits per heavy atom. The van der Waals surface area contributed by atoms with E-state index in [9.17, 15) is 29.4 Å². The molecule has 8 nitrogen and oxygen atoms in total. The highest BCUT2D eigenvalue weighted by molar-refractivity contribution is 6.26. The Kier molecular flexibility index (Phi) is 7.04. The number of hydrogen-bond acceptors (Lipinski definition) is 8. The second kappa shape index (κ2) is 9.31. The number of Topliss-reactive ketones (excluding diaryl/α,β-unsaturated/α-hetero) is 1. The quantitative estimate of drug-likeness (QED) is 0.391. The van der Waals surface area contributed by atoms with E-state index in [1.807, 2.05) is 6.92 Å². The van der Waals surface area contributed by atoms with Gasteiger partial charge in [-0.3, -0.25) is 19.2 Å². The fourth-order valence-electron chi connectivity index (χ4n) is 7.98. The van der Waals surface area contributed by atoms with Gasteiger partial charge in [-0.15, -0.1) is 11.6 Å². The van der Waals surface area contributed by atoms with Crippen LogP contribution in [0.3, 0.4) is 0 Å². The molecule has 0 aromatic rings. The Morgan fingerprint density at radius 2 is 1.73 bits per heavy atom. The molecular formula is C28H37ClO8. The van der Waals surface area contributed by atoms with Gasteiger partial charge in [0.15, 0.2) is 18.0 Å². The molecule has 4 aliphatic carbocycles. The van der Waals surface area contributed by atoms with Crippen LogP contribution in [0.5, 0.6) is 0 Å². The molecular weight excluding hydrogens is 500 g/mol. The lowest BCUT2D eigenvalue weighted by Gasteiger charge is -2.65. The van der Waals surface area contributed by atoms with Crippen LogP contribution in [0.15, 0.2) is 23.8 Å². The first-order valence-electron chi connectivity index (χ1n) is 13.2. The second-order valence-corrected chi connectivity index (χ2v) is 12.1. The van der Waals surface area contributed by atoms with E-state index in [1.54, 1.807) is 39.8 Å². The number of aliphatic hydroxyl groups is 2. The maximum absolute atomic E-state index is 13.9. The second-order valence-electron chi connectivity index (χ2n) is 11.4. The molecule has 0 heterocycles. The molecule has 0 aromatic heterocycles. The van der Waals surface area contributed by atoms with Gasteiger partial charge >= 0.3 is 11.9 Å². The number of ether oxygens (including phenoxy) is 2. The molecule has 0 radical (unpaired) electrons. The largest absolute Gasteiger partial charge is 0.457 e. The van der Waals surface area contributed by atoms with E-state index in [4.69, 9.17) is 21.1 Å². The zero-order chi connectivity index (χ0) is 27.6. The van der Waals surface area contributed by atoms with E-state index in [0.717, 1.165) is 5.57 Å². The predicted molar refractivity (Wildman–Crippen MR) is 134 cm³/mol. The van der Waals surface area contributed by atoms with Crippen molar-refractivity contribution in [1.29, 1.82) is 0 Å². The fourth-order valence-corrected chi connectivity index (χ4v) is 8.55. The number of ketones is 2. The van der Waals surface area contributed by atoms with Gasteiger partial charge in [0.1, 0.15) is 6.10 Å². The fraction of sp³-hybridized carbons (Fsp3) is 0.714. The van der Waals surface area contributed by atoms with Gasteiger partial charge < -0.3 is 19.7 Å². The van der Waals surface area contributed by atoms with Crippen molar-refractivity contribution < 1.29 is 38.9 Å². The summed E-state index contributed by atoms with van der Waals surface area (Å²) in [6, 6.07) is 0. The van der Waals surface area contributed by atoms with Crippen molar-refractivity contribution in [3.05, 3.63) is 23.8 Å². The summed E-state index contributed by atoms with van der Waals surface area (Å²) in [5.41, 5.74) is -3.32. The molecule has 0 amide bonds. The average molecular weight is 537 g/mol. The van der Waals surface area contributed by atoms with E-state index < -0.39 is 69.7 Å². The molecule has 9 heteroatoms. The Morgan fingerprint density at radius 3 is 2.35 bits per heavy atom. The van der Waals surface area contributed by atoms with E-state index in [-0.39, 0.29) is 24.5 Å². The highest BCUT2D eigenvalue weighted by atomic mass is 35.5. The SMILES string of the molecule is CCC(=O)OCC(=O)[C@@]1(OC(=O)CC)[C@@H](C)C[C@H]2[C@@H]3CCC4=CC(=O)C=C[C@]4(C)[C@@]3(Cl)[C@@H](O)[C@@H](O)[C@@]21C. The Balaban J connectivity index is 1.86. The highest BCUT2D eigenvalue weighted by Crippen LogP contribution is 2.72. The van der Waals surface area contributed by atoms with Crippen molar-refractivity contribution in [2.45, 2.75) is 89.4 Å². The molecule has 2 N–H and O–H groups in total. The highest BCUT2D eigenvalue weighted by Gasteiger charge is 2.79. The summed E-state index contributed by atoms with van der Waals surface area (Å²) in [6.07, 6.45) is 3.25. The van der Waals surface area contributed by atoms with Crippen molar-refractivity contribution >= 4 is 35.1 Å². The lowest BCUT2D eigenvalue weighted by atomic mass is 9.44. The lowest BCUT2D eigenvalue weighted by Crippen LogP contribution is -2.75. The molecule has 0 spiro atoms. The van der Waals surface area contributed by atoms with Crippen molar-refractivity contribution in [2.75, 3.05) is 6.61 Å². The van der Waals surface area contributed by atoms with E-state index in [2.05, 4.69) is 0 Å². The minimum absolute atomic E-state index is 0.00378. The molecule has 4 aliphatic rings. The Labute approximate surface area is 222 Å². The molecule has 0 bridgehead atoms. The Bertz CT molecular complexity index is 1080. The summed E-state index contributed by atoms with van der Waals surface area (Å²) >= 11 is 7.41. The molecule has 9 atom stereocenters. The minimum atomic E-state index is -1.83. The van der Waals surface area contributed by atoms with Gasteiger partial charge in [0.25, 0.3) is 0 Å². The number of allylic oxidation sites excluding steroid dienone is 4. The number of aliphatic hydroxyl groups excluding tert-OH is 2. The average Bonchev–Trinajstić information content (AvgIpc) is 3.10. The van der Waals surface area contributed by atoms with Crippen LogP contribution in [0, 0.1) is 28.6 Å². The summed E-state index contributed by atoms with van der Waals surface area (Å²) in [7, 11) is 0. The first kappa shape index (κ1) is 28.0. The summed E-state index contributed by atoms with van der Waals surface area (Å²) in [5.74, 6) is -3.27. The minimum Gasteiger partial charge on any atom is -0.457 e. The molecule has 0 aromatic carbocycles. The van der Waals surface area contributed by atoms with E-state index in [1.165, 1.54) is 6.08 Å². The van der Waals surface area contributed by atoms with Gasteiger partial charge in [-0.1, -0.05) is 46.3 Å². The number of esters is 2. The monoisotopic (exact) mass is 536 g/mol. The van der Waals surface area contributed by atoms with Gasteiger partial charge in [-0.25, -0.2) is 0 Å². The maximum Gasteiger partial charge on any atom is 0.306 e. The van der Waals surface area contributed by atoms with Gasteiger partial charge in [0.2, 0.25) is 5.78 Å². The van der Waals surface area contributed by atoms with Crippen molar-refractivity contribution in [3.8, 4) is 0 Å². The topological polar surface area (TPSA) is 127 Å². The zero-order valence-electron chi connectivity index (χ0n) is 22.1. The van der Waals surface area contributed by atoms with Crippen LogP contribution in [0.25, 0.3) is 0 Å². The molecule has 37 heavy (non-hydrogen) atoms. The standard InChI is InChI=1S/C28H37ClO8/c1-6-21(32)36-14-20(31)28(37-22(33)7-2)15(3)12-19-18-9-8-16-13-17(30)10-11-25(16,4)27(18,29)24(35)23(34)26(19,28)5/h10-11,13,15,18-19,23-24,34-35H,6-9,12,14H2,1-5H3/t15-,18-,19-,23+,24-,25-,26+,27-,28-/m0/s1. The predicted octanol–water partition coefficient (Wildman–Crippen LogP) is 3.06. The molecule has 0 aliphatic heterocycles. The van der Waals surface area contributed by atoms with Crippen LogP contribution in [0.4, 0.5) is 0 Å². The third-order valence-electron chi connectivity index (χ3n) is 9.96. The van der Waals surface area contributed by atoms with E-state index in [0.29, 0.717) is 19.3 Å². The Hall–Kier alpha value is -2.03. The zero-order valence-corrected chi connectivity index (χ0v) is 22.8. The molecule has 3 saturated carbocycles. The molecule has 3 fully saturated rings. The van der Waals surface area contributed by atoms with Crippen molar-refractivity contribution in [3.63, 3.8) is 0 Å². The van der Waals surface area contributed by atoms with Crippen LogP contribution in [-0.4, -0.2) is 63.0 Å². The first-order valence-corrected chi connectivity index (χ1v) is 13.5. The molecule has 4 rings (SSSR count). The third kappa shape index (κ3) is 3.54. The van der Waals surface area contributed by atoms with Gasteiger partial charge in [0, 0.05) is 29.6 Å². The van der Waals surface area contributed by atoms with Crippen molar-refractivity contribution in [1.82, 2.24) is 0 Å². The van der Waals surface area contributed by atoms with Gasteiger partial charge in [-0.05, 0) is 43.3 Å². The smallest absolute Gasteiger partial charge is 0.306 e. The summed E-state index contributed by atoms with van der Waals surface area (Å²) < 4.78 is 11.1. The summed E-state index contributed by atoms with van der Waals surface area (Å²) in [4.78, 5) is 49.3. The number of carbonyl (C=O) groups excluding carboxylic acids is 4. The van der Waals surface area contributed by atoms with E-state index >= 15 is 0 Å². The van der Waals surface area contributed by atoms with Gasteiger partial charge in [0.05, 0.1) is 11.0 Å². The number of hydrogen-bond donors (Lipinski definition) is 2. The first-order chi connectivity index (χ1) is 17.2. The normalized spacial score (nSPS) is 44.3. The van der Waals surface area contributed by atoms with Crippen molar-refractivity contribution in [2.24, 2.45) is 28.6 Å². The number of carbonyl (C=O) groups is 4. The summed E-state index contributed by atoms with van der Waals surface area (Å²) in [6.45, 7) is 7.95. The van der Waals surface area contributed by atoms with Crippen LogP contribution in [0.2, 0.25) is 0 Å². The number of fused-ring (bicyclic) bond motifs is 5. The maximum atomic E-state index is 13.9. The molecule has 204 valence electrons. The van der Waals surface area contributed by atoms with Gasteiger partial charge in [-0.2, -0.15) is 0 Å². The number of rotatable bonds is 6. The van der Waals surface area contributed by atoms with Crippen LogP contribution in [0.1, 0.15) is 66.7 Å². The number of halogens is 1. The summed E-state index contributed by atoms with van der Waals surface area (Å²) in [5, 5.41) is 23.7. The number of alkyl halides is 1. The lowest BCUT2D eigenvalue weighted by molar-refractivity contribution is -0.236. The van der Waals surface area contributed by atoms with Crippen LogP contribution < -0.4 is 0 Å². The van der Waals surface area contributed by atoms with Crippen LogP contribution >= 0.6 is 11.6 Å².